The summed E-state index contributed by atoms with van der Waals surface area (Å²) in [6.07, 6.45) is 1.84. The summed E-state index contributed by atoms with van der Waals surface area (Å²) in [6.45, 7) is 1.05. The first-order valence-corrected chi connectivity index (χ1v) is 13.1. The Morgan fingerprint density at radius 1 is 0.718 bits per heavy atom. The highest BCUT2D eigenvalue weighted by Gasteiger charge is 2.21. The summed E-state index contributed by atoms with van der Waals surface area (Å²) < 4.78 is 11.8. The molecule has 39 heavy (non-hydrogen) atoms. The molecule has 1 atom stereocenters. The summed E-state index contributed by atoms with van der Waals surface area (Å²) in [4.78, 5) is 24.1. The summed E-state index contributed by atoms with van der Waals surface area (Å²) in [5.74, 6) is 0.295. The van der Waals surface area contributed by atoms with Gasteiger partial charge < -0.3 is 20.3 Å². The van der Waals surface area contributed by atoms with E-state index in [9.17, 15) is 9.59 Å². The molecule has 0 aliphatic rings. The lowest BCUT2D eigenvalue weighted by Gasteiger charge is -2.17. The number of carbonyl (C=O) groups excluding carboxylic acids is 1. The van der Waals surface area contributed by atoms with Crippen LogP contribution in [0.4, 0.5) is 0 Å². The molecule has 4 aromatic carbocycles. The van der Waals surface area contributed by atoms with Crippen LogP contribution in [0.1, 0.15) is 46.8 Å². The van der Waals surface area contributed by atoms with Crippen molar-refractivity contribution in [2.24, 2.45) is 5.73 Å². The van der Waals surface area contributed by atoms with E-state index in [0.29, 0.717) is 30.1 Å². The molecule has 200 valence electrons. The van der Waals surface area contributed by atoms with Crippen LogP contribution in [0.2, 0.25) is 0 Å². The fourth-order valence-corrected chi connectivity index (χ4v) is 4.30. The second-order valence-electron chi connectivity index (χ2n) is 9.26. The summed E-state index contributed by atoms with van der Waals surface area (Å²) in [5.41, 5.74) is 10.5. The van der Waals surface area contributed by atoms with E-state index in [0.717, 1.165) is 29.7 Å². The first-order chi connectivity index (χ1) is 19.0. The zero-order chi connectivity index (χ0) is 27.5. The van der Waals surface area contributed by atoms with Gasteiger partial charge in [-0.15, -0.1) is 0 Å². The number of aryl methyl sites for hydroxylation is 1. The van der Waals surface area contributed by atoms with E-state index in [1.807, 2.05) is 36.4 Å². The maximum atomic E-state index is 13.0. The van der Waals surface area contributed by atoms with Gasteiger partial charge >= 0.3 is 5.97 Å². The Balaban J connectivity index is 1.29. The number of Topliss-reactive ketones (excluding diaryl/α,β-unsaturated/α-hetero) is 1. The molecule has 6 heteroatoms. The molecular formula is C33H33NO5. The predicted molar refractivity (Wildman–Crippen MR) is 152 cm³/mol. The average molecular weight is 524 g/mol. The van der Waals surface area contributed by atoms with Crippen molar-refractivity contribution >= 4 is 11.8 Å². The van der Waals surface area contributed by atoms with Gasteiger partial charge in [-0.1, -0.05) is 78.9 Å². The Hall–Kier alpha value is -4.42. The molecule has 0 spiro atoms. The fourth-order valence-electron chi connectivity index (χ4n) is 4.30. The van der Waals surface area contributed by atoms with Gasteiger partial charge in [-0.2, -0.15) is 0 Å². The lowest BCUT2D eigenvalue weighted by molar-refractivity contribution is -0.136. The number of carbonyl (C=O) groups is 2. The summed E-state index contributed by atoms with van der Waals surface area (Å²) >= 11 is 0. The van der Waals surface area contributed by atoms with E-state index in [1.165, 1.54) is 5.56 Å². The van der Waals surface area contributed by atoms with Crippen molar-refractivity contribution in [1.82, 2.24) is 0 Å². The first-order valence-electron chi connectivity index (χ1n) is 13.1. The molecule has 4 rings (SSSR count). The standard InChI is InChI=1S/C33H33NO5/c34-32(33(37)27-11-5-2-6-12-27)30-23-29(19-15-26(30)16-20-31(35)36)39-22-8-7-21-38-28-17-13-25(14-18-28)24-9-3-1-4-10-24/h1-6,9-15,17-19,23,32H,7-8,16,20-22,34H2,(H,35,36). The zero-order valence-electron chi connectivity index (χ0n) is 21.8. The number of ketones is 1. The normalized spacial score (nSPS) is 11.5. The van der Waals surface area contributed by atoms with Crippen LogP contribution in [0.15, 0.2) is 103 Å². The van der Waals surface area contributed by atoms with Crippen LogP contribution in [0, 0.1) is 0 Å². The zero-order valence-corrected chi connectivity index (χ0v) is 21.8. The molecule has 0 aliphatic carbocycles. The molecule has 0 bridgehead atoms. The molecule has 6 nitrogen and oxygen atoms in total. The quantitative estimate of drug-likeness (QED) is 0.145. The number of carboxylic acid groups (broad SMARTS) is 1. The molecule has 0 aliphatic heterocycles. The highest BCUT2D eigenvalue weighted by atomic mass is 16.5. The minimum Gasteiger partial charge on any atom is -0.494 e. The molecule has 0 radical (unpaired) electrons. The van der Waals surface area contributed by atoms with Gasteiger partial charge in [-0.3, -0.25) is 9.59 Å². The van der Waals surface area contributed by atoms with Gasteiger partial charge in [0.15, 0.2) is 5.78 Å². The minimum atomic E-state index is -0.915. The molecule has 1 unspecified atom stereocenters. The second kappa shape index (κ2) is 13.9. The third-order valence-electron chi connectivity index (χ3n) is 6.44. The van der Waals surface area contributed by atoms with Crippen LogP contribution < -0.4 is 15.2 Å². The van der Waals surface area contributed by atoms with Gasteiger partial charge in [0.2, 0.25) is 0 Å². The highest BCUT2D eigenvalue weighted by molar-refractivity contribution is 6.00. The highest BCUT2D eigenvalue weighted by Crippen LogP contribution is 2.27. The number of carboxylic acids is 1. The van der Waals surface area contributed by atoms with Crippen molar-refractivity contribution in [3.8, 4) is 22.6 Å². The maximum Gasteiger partial charge on any atom is 0.303 e. The molecule has 0 amide bonds. The van der Waals surface area contributed by atoms with Crippen molar-refractivity contribution in [2.45, 2.75) is 31.7 Å². The van der Waals surface area contributed by atoms with Crippen LogP contribution in [0.5, 0.6) is 11.5 Å². The number of hydrogen-bond acceptors (Lipinski definition) is 5. The van der Waals surface area contributed by atoms with Crippen molar-refractivity contribution < 1.29 is 24.2 Å². The SMILES string of the molecule is NC(C(=O)c1ccccc1)c1cc(OCCCCOc2ccc(-c3ccccc3)cc2)ccc1CCC(=O)O. The Labute approximate surface area is 229 Å². The van der Waals surface area contributed by atoms with Gasteiger partial charge in [-0.05, 0) is 65.8 Å². The van der Waals surface area contributed by atoms with E-state index in [-0.39, 0.29) is 18.6 Å². The Morgan fingerprint density at radius 3 is 1.92 bits per heavy atom. The van der Waals surface area contributed by atoms with E-state index in [1.54, 1.807) is 42.5 Å². The summed E-state index contributed by atoms with van der Waals surface area (Å²) in [6, 6.07) is 31.6. The molecule has 0 saturated heterocycles. The monoisotopic (exact) mass is 523 g/mol. The lowest BCUT2D eigenvalue weighted by atomic mass is 9.92. The third kappa shape index (κ3) is 8.03. The van der Waals surface area contributed by atoms with Crippen LogP contribution in [-0.4, -0.2) is 30.1 Å². The van der Waals surface area contributed by atoms with Crippen molar-refractivity contribution in [3.63, 3.8) is 0 Å². The third-order valence-corrected chi connectivity index (χ3v) is 6.44. The van der Waals surface area contributed by atoms with Gasteiger partial charge in [0.1, 0.15) is 11.5 Å². The molecule has 0 saturated carbocycles. The largest absolute Gasteiger partial charge is 0.494 e. The van der Waals surface area contributed by atoms with E-state index < -0.39 is 12.0 Å². The molecular weight excluding hydrogens is 490 g/mol. The number of nitrogens with two attached hydrogens (primary N) is 1. The number of ether oxygens (including phenoxy) is 2. The maximum absolute atomic E-state index is 13.0. The van der Waals surface area contributed by atoms with E-state index in [4.69, 9.17) is 20.3 Å². The Kier molecular flexibility index (Phi) is 9.86. The minimum absolute atomic E-state index is 0.0472. The molecule has 0 heterocycles. The van der Waals surface area contributed by atoms with Gasteiger partial charge in [0.05, 0.1) is 19.3 Å². The van der Waals surface area contributed by atoms with Crippen LogP contribution in [-0.2, 0) is 11.2 Å². The van der Waals surface area contributed by atoms with Gasteiger partial charge in [0, 0.05) is 12.0 Å². The Morgan fingerprint density at radius 2 is 1.28 bits per heavy atom. The second-order valence-corrected chi connectivity index (χ2v) is 9.26. The number of unbranched alkanes of at least 4 members (excludes halogenated alkanes) is 1. The van der Waals surface area contributed by atoms with Crippen molar-refractivity contribution in [2.75, 3.05) is 13.2 Å². The van der Waals surface area contributed by atoms with Crippen LogP contribution in [0.3, 0.4) is 0 Å². The van der Waals surface area contributed by atoms with E-state index in [2.05, 4.69) is 24.3 Å². The van der Waals surface area contributed by atoms with Gasteiger partial charge in [0.25, 0.3) is 0 Å². The number of benzene rings is 4. The van der Waals surface area contributed by atoms with E-state index >= 15 is 0 Å². The van der Waals surface area contributed by atoms with Crippen molar-refractivity contribution in [1.29, 1.82) is 0 Å². The number of aliphatic carboxylic acids is 1. The summed E-state index contributed by atoms with van der Waals surface area (Å²) in [5, 5.41) is 9.13. The van der Waals surface area contributed by atoms with Crippen LogP contribution in [0.25, 0.3) is 11.1 Å². The first kappa shape index (κ1) is 27.6. The summed E-state index contributed by atoms with van der Waals surface area (Å²) in [7, 11) is 0. The molecule has 0 aromatic heterocycles. The number of rotatable bonds is 14. The topological polar surface area (TPSA) is 98.9 Å². The lowest BCUT2D eigenvalue weighted by Crippen LogP contribution is -2.23. The molecule has 0 fully saturated rings. The molecule has 3 N–H and O–H groups in total. The molecule has 4 aromatic rings. The van der Waals surface area contributed by atoms with Gasteiger partial charge in [-0.25, -0.2) is 0 Å². The smallest absolute Gasteiger partial charge is 0.303 e. The fraction of sp³-hybridized carbons (Fsp3) is 0.212. The van der Waals surface area contributed by atoms with Crippen molar-refractivity contribution in [3.05, 3.63) is 120 Å². The average Bonchev–Trinajstić information content (AvgIpc) is 2.98. The van der Waals surface area contributed by atoms with Crippen LogP contribution >= 0.6 is 0 Å². The Bertz CT molecular complexity index is 1350. The number of hydrogen-bond donors (Lipinski definition) is 2. The predicted octanol–water partition coefficient (Wildman–Crippen LogP) is 6.49.